The summed E-state index contributed by atoms with van der Waals surface area (Å²) < 4.78 is 1.96. The lowest BCUT2D eigenvalue weighted by atomic mass is 9.79. The molecule has 1 aromatic heterocycles. The number of aryl methyl sites for hydroxylation is 2. The van der Waals surface area contributed by atoms with E-state index in [0.29, 0.717) is 12.8 Å². The minimum Gasteiger partial charge on any atom is -0.338 e. The average molecular weight is 256 g/mol. The van der Waals surface area contributed by atoms with Crippen molar-refractivity contribution in [3.63, 3.8) is 0 Å². The van der Waals surface area contributed by atoms with E-state index in [1.165, 1.54) is 0 Å². The first-order valence-corrected chi connectivity index (χ1v) is 6.57. The van der Waals surface area contributed by atoms with Crippen molar-refractivity contribution in [3.8, 4) is 0 Å². The average Bonchev–Trinajstić information content (AvgIpc) is 2.82. The van der Waals surface area contributed by atoms with Gasteiger partial charge in [-0.3, -0.25) is 4.79 Å². The summed E-state index contributed by atoms with van der Waals surface area (Å²) >= 11 is 0. The van der Waals surface area contributed by atoms with Crippen molar-refractivity contribution in [2.75, 3.05) is 0 Å². The molecule has 0 bridgehead atoms. The molecule has 0 aliphatic carbocycles. The summed E-state index contributed by atoms with van der Waals surface area (Å²) in [5, 5.41) is 0. The Balaban J connectivity index is 2.05. The molecule has 3 heteroatoms. The van der Waals surface area contributed by atoms with E-state index in [-0.39, 0.29) is 5.78 Å². The van der Waals surface area contributed by atoms with Crippen molar-refractivity contribution in [2.24, 2.45) is 7.05 Å². The summed E-state index contributed by atoms with van der Waals surface area (Å²) in [4.78, 5) is 16.7. The SMILES string of the molecule is Cn1ccnc1CCC(=O)C(C)(C)c1ccccc1. The van der Waals surface area contributed by atoms with Gasteiger partial charge in [0, 0.05) is 37.7 Å². The lowest BCUT2D eigenvalue weighted by Gasteiger charge is -2.23. The quantitative estimate of drug-likeness (QED) is 0.824. The van der Waals surface area contributed by atoms with Crippen molar-refractivity contribution in [3.05, 3.63) is 54.1 Å². The van der Waals surface area contributed by atoms with Gasteiger partial charge in [0.05, 0.1) is 0 Å². The molecule has 2 rings (SSSR count). The molecule has 3 nitrogen and oxygen atoms in total. The molecule has 0 amide bonds. The van der Waals surface area contributed by atoms with Crippen molar-refractivity contribution in [2.45, 2.75) is 32.1 Å². The first kappa shape index (κ1) is 13.5. The number of Topliss-reactive ketones (excluding diaryl/α,β-unsaturated/α-hetero) is 1. The molecule has 0 aliphatic rings. The number of hydrogen-bond acceptors (Lipinski definition) is 2. The Labute approximate surface area is 114 Å². The Kier molecular flexibility index (Phi) is 3.84. The zero-order valence-electron chi connectivity index (χ0n) is 11.8. The van der Waals surface area contributed by atoms with Crippen LogP contribution in [0.15, 0.2) is 42.7 Å². The number of imidazole rings is 1. The minimum absolute atomic E-state index is 0.252. The van der Waals surface area contributed by atoms with E-state index in [0.717, 1.165) is 11.4 Å². The van der Waals surface area contributed by atoms with Gasteiger partial charge in [-0.2, -0.15) is 0 Å². The molecule has 0 atom stereocenters. The van der Waals surface area contributed by atoms with Crippen molar-refractivity contribution in [1.29, 1.82) is 0 Å². The number of carbonyl (C=O) groups is 1. The largest absolute Gasteiger partial charge is 0.338 e. The van der Waals surface area contributed by atoms with E-state index >= 15 is 0 Å². The summed E-state index contributed by atoms with van der Waals surface area (Å²) in [5.74, 6) is 1.21. The third-order valence-corrected chi connectivity index (χ3v) is 3.69. The Bertz CT molecular complexity index is 555. The van der Waals surface area contributed by atoms with E-state index in [1.807, 2.05) is 62.0 Å². The molecule has 100 valence electrons. The zero-order chi connectivity index (χ0) is 13.9. The summed E-state index contributed by atoms with van der Waals surface area (Å²) in [6.07, 6.45) is 4.88. The number of benzene rings is 1. The zero-order valence-corrected chi connectivity index (χ0v) is 11.8. The second-order valence-electron chi connectivity index (χ2n) is 5.37. The van der Waals surface area contributed by atoms with Gasteiger partial charge in [0.2, 0.25) is 0 Å². The molecule has 1 heterocycles. The predicted molar refractivity (Wildman–Crippen MR) is 76.0 cm³/mol. The van der Waals surface area contributed by atoms with E-state index in [1.54, 1.807) is 6.20 Å². The molecule has 0 aliphatic heterocycles. The summed E-state index contributed by atoms with van der Waals surface area (Å²) in [6.45, 7) is 3.98. The predicted octanol–water partition coefficient (Wildman–Crippen LogP) is 2.90. The van der Waals surface area contributed by atoms with Crippen LogP contribution in [-0.4, -0.2) is 15.3 Å². The van der Waals surface area contributed by atoms with Gasteiger partial charge in [-0.15, -0.1) is 0 Å². The van der Waals surface area contributed by atoms with E-state index in [9.17, 15) is 4.79 Å². The van der Waals surface area contributed by atoms with Gasteiger partial charge in [-0.25, -0.2) is 4.98 Å². The van der Waals surface area contributed by atoms with Crippen molar-refractivity contribution < 1.29 is 4.79 Å². The Morgan fingerprint density at radius 3 is 2.53 bits per heavy atom. The molecule has 0 saturated heterocycles. The van der Waals surface area contributed by atoms with Crippen LogP contribution in [0.2, 0.25) is 0 Å². The van der Waals surface area contributed by atoms with Gasteiger partial charge in [0.25, 0.3) is 0 Å². The maximum absolute atomic E-state index is 12.4. The summed E-state index contributed by atoms with van der Waals surface area (Å²) in [6, 6.07) is 9.95. The molecule has 19 heavy (non-hydrogen) atoms. The highest BCUT2D eigenvalue weighted by Crippen LogP contribution is 2.25. The van der Waals surface area contributed by atoms with Crippen LogP contribution in [0.1, 0.15) is 31.7 Å². The van der Waals surface area contributed by atoms with Crippen LogP contribution in [0.4, 0.5) is 0 Å². The number of carbonyl (C=O) groups excluding carboxylic acids is 1. The molecule has 1 aromatic carbocycles. The molecule has 0 unspecified atom stereocenters. The summed E-state index contributed by atoms with van der Waals surface area (Å²) in [7, 11) is 1.95. The molecule has 0 saturated carbocycles. The van der Waals surface area contributed by atoms with Crippen LogP contribution in [0.5, 0.6) is 0 Å². The molecule has 0 N–H and O–H groups in total. The van der Waals surface area contributed by atoms with Crippen LogP contribution < -0.4 is 0 Å². The van der Waals surface area contributed by atoms with Crippen LogP contribution in [-0.2, 0) is 23.7 Å². The third kappa shape index (κ3) is 2.92. The smallest absolute Gasteiger partial charge is 0.143 e. The van der Waals surface area contributed by atoms with Gasteiger partial charge in [0.15, 0.2) is 0 Å². The number of aromatic nitrogens is 2. The van der Waals surface area contributed by atoms with E-state index in [2.05, 4.69) is 4.98 Å². The molecule has 2 aromatic rings. The minimum atomic E-state index is -0.438. The topological polar surface area (TPSA) is 34.9 Å². The molecular weight excluding hydrogens is 236 g/mol. The maximum Gasteiger partial charge on any atom is 0.143 e. The van der Waals surface area contributed by atoms with E-state index in [4.69, 9.17) is 0 Å². The summed E-state index contributed by atoms with van der Waals surface area (Å²) in [5.41, 5.74) is 0.631. The van der Waals surface area contributed by atoms with Gasteiger partial charge < -0.3 is 4.57 Å². The second-order valence-corrected chi connectivity index (χ2v) is 5.37. The molecule has 0 spiro atoms. The Morgan fingerprint density at radius 1 is 1.26 bits per heavy atom. The first-order chi connectivity index (χ1) is 9.01. The van der Waals surface area contributed by atoms with Crippen LogP contribution in [0.25, 0.3) is 0 Å². The maximum atomic E-state index is 12.4. The fourth-order valence-electron chi connectivity index (χ4n) is 2.19. The standard InChI is InChI=1S/C16H20N2O/c1-16(2,13-7-5-4-6-8-13)14(19)9-10-15-17-11-12-18(15)3/h4-8,11-12H,9-10H2,1-3H3. The Morgan fingerprint density at radius 2 is 1.95 bits per heavy atom. The van der Waals surface area contributed by atoms with E-state index < -0.39 is 5.41 Å². The Hall–Kier alpha value is -1.90. The molecule has 0 radical (unpaired) electrons. The highest BCUT2D eigenvalue weighted by Gasteiger charge is 2.28. The van der Waals surface area contributed by atoms with Crippen molar-refractivity contribution >= 4 is 5.78 Å². The van der Waals surface area contributed by atoms with Crippen molar-refractivity contribution in [1.82, 2.24) is 9.55 Å². The lowest BCUT2D eigenvalue weighted by molar-refractivity contribution is -0.123. The van der Waals surface area contributed by atoms with Gasteiger partial charge >= 0.3 is 0 Å². The second kappa shape index (κ2) is 5.39. The monoisotopic (exact) mass is 256 g/mol. The van der Waals surface area contributed by atoms with Crippen LogP contribution >= 0.6 is 0 Å². The first-order valence-electron chi connectivity index (χ1n) is 6.57. The normalized spacial score (nSPS) is 11.5. The number of nitrogens with zero attached hydrogens (tertiary/aromatic N) is 2. The highest BCUT2D eigenvalue weighted by atomic mass is 16.1. The lowest BCUT2D eigenvalue weighted by Crippen LogP contribution is -2.29. The number of ketones is 1. The fourth-order valence-corrected chi connectivity index (χ4v) is 2.19. The number of hydrogen-bond donors (Lipinski definition) is 0. The van der Waals surface area contributed by atoms with Crippen LogP contribution in [0, 0.1) is 0 Å². The van der Waals surface area contributed by atoms with Gasteiger partial charge in [-0.05, 0) is 19.4 Å². The number of rotatable bonds is 5. The molecular formula is C16H20N2O. The van der Waals surface area contributed by atoms with Crippen LogP contribution in [0.3, 0.4) is 0 Å². The third-order valence-electron chi connectivity index (χ3n) is 3.69. The van der Waals surface area contributed by atoms with Gasteiger partial charge in [0.1, 0.15) is 11.6 Å². The fraction of sp³-hybridized carbons (Fsp3) is 0.375. The molecule has 0 fully saturated rings. The van der Waals surface area contributed by atoms with Gasteiger partial charge in [-0.1, -0.05) is 30.3 Å². The highest BCUT2D eigenvalue weighted by molar-refractivity contribution is 5.89.